The molecule has 0 radical (unpaired) electrons. The Bertz CT molecular complexity index is 652. The molecule has 0 bridgehead atoms. The van der Waals surface area contributed by atoms with Crippen molar-refractivity contribution in [2.24, 2.45) is 0 Å². The molecule has 0 spiro atoms. The molecular formula is C16H19N3O2S. The van der Waals surface area contributed by atoms with E-state index in [4.69, 9.17) is 4.74 Å². The fraction of sp³-hybridized carbons (Fsp3) is 0.438. The van der Waals surface area contributed by atoms with Crippen LogP contribution < -0.4 is 10.1 Å². The topological polar surface area (TPSA) is 64.1 Å². The lowest BCUT2D eigenvalue weighted by Crippen LogP contribution is -2.18. The van der Waals surface area contributed by atoms with Gasteiger partial charge in [-0.25, -0.2) is 0 Å². The molecule has 0 aliphatic carbocycles. The highest BCUT2D eigenvalue weighted by molar-refractivity contribution is 7.11. The highest BCUT2D eigenvalue weighted by Gasteiger charge is 2.21. The van der Waals surface area contributed by atoms with Crippen LogP contribution in [-0.4, -0.2) is 16.1 Å². The van der Waals surface area contributed by atoms with Gasteiger partial charge in [-0.15, -0.1) is 10.2 Å². The van der Waals surface area contributed by atoms with Crippen molar-refractivity contribution in [1.82, 2.24) is 15.5 Å². The molecule has 2 heterocycles. The number of aromatic nitrogens is 2. The van der Waals surface area contributed by atoms with Crippen LogP contribution in [0.3, 0.4) is 0 Å². The lowest BCUT2D eigenvalue weighted by atomic mass is 10.1. The Kier molecular flexibility index (Phi) is 4.38. The summed E-state index contributed by atoms with van der Waals surface area (Å²) in [5.74, 6) is 1.32. The van der Waals surface area contributed by atoms with Gasteiger partial charge in [0.2, 0.25) is 5.91 Å². The summed E-state index contributed by atoms with van der Waals surface area (Å²) in [6, 6.07) is 8.02. The van der Waals surface area contributed by atoms with Crippen LogP contribution >= 0.6 is 11.3 Å². The Labute approximate surface area is 133 Å². The van der Waals surface area contributed by atoms with E-state index >= 15 is 0 Å². The normalized spacial score (nSPS) is 17.8. The molecule has 22 heavy (non-hydrogen) atoms. The van der Waals surface area contributed by atoms with Crippen LogP contribution in [0.15, 0.2) is 24.3 Å². The van der Waals surface area contributed by atoms with Gasteiger partial charge in [0.05, 0.1) is 6.04 Å². The monoisotopic (exact) mass is 317 g/mol. The quantitative estimate of drug-likeness (QED) is 0.920. The first-order valence-electron chi connectivity index (χ1n) is 7.46. The minimum Gasteiger partial charge on any atom is -0.486 e. The average molecular weight is 317 g/mol. The molecule has 1 fully saturated rings. The number of carbonyl (C=O) groups is 1. The van der Waals surface area contributed by atoms with Gasteiger partial charge in [0, 0.05) is 12.3 Å². The molecule has 1 saturated heterocycles. The smallest absolute Gasteiger partial charge is 0.220 e. The van der Waals surface area contributed by atoms with Crippen LogP contribution in [0.5, 0.6) is 5.75 Å². The molecule has 1 aromatic carbocycles. The molecule has 1 aliphatic heterocycles. The predicted octanol–water partition coefficient (Wildman–Crippen LogP) is 3.19. The molecule has 1 atom stereocenters. The minimum atomic E-state index is 0.127. The molecule has 2 aromatic rings. The van der Waals surface area contributed by atoms with Crippen molar-refractivity contribution in [3.8, 4) is 5.75 Å². The summed E-state index contributed by atoms with van der Waals surface area (Å²) in [6.07, 6.45) is 1.47. The van der Waals surface area contributed by atoms with Crippen LogP contribution in [0, 0.1) is 0 Å². The third kappa shape index (κ3) is 3.44. The van der Waals surface area contributed by atoms with E-state index in [2.05, 4.69) is 29.4 Å². The van der Waals surface area contributed by atoms with E-state index in [-0.39, 0.29) is 11.9 Å². The van der Waals surface area contributed by atoms with Crippen LogP contribution in [0.25, 0.3) is 0 Å². The number of nitrogens with zero attached hydrogens (tertiary/aromatic N) is 2. The van der Waals surface area contributed by atoms with E-state index < -0.39 is 0 Å². The van der Waals surface area contributed by atoms with Gasteiger partial charge in [0.1, 0.15) is 17.4 Å². The Morgan fingerprint density at radius 2 is 2.09 bits per heavy atom. The number of nitrogens with one attached hydrogen (secondary N) is 1. The number of rotatable bonds is 5. The zero-order valence-corrected chi connectivity index (χ0v) is 13.5. The second-order valence-electron chi connectivity index (χ2n) is 5.71. The summed E-state index contributed by atoms with van der Waals surface area (Å²) < 4.78 is 5.74. The summed E-state index contributed by atoms with van der Waals surface area (Å²) in [6.45, 7) is 4.64. The third-order valence-electron chi connectivity index (χ3n) is 3.62. The van der Waals surface area contributed by atoms with Gasteiger partial charge < -0.3 is 10.1 Å². The second kappa shape index (κ2) is 6.44. The Hall–Kier alpha value is -1.95. The van der Waals surface area contributed by atoms with Crippen molar-refractivity contribution in [3.05, 3.63) is 39.8 Å². The van der Waals surface area contributed by atoms with Gasteiger partial charge in [-0.1, -0.05) is 37.3 Å². The van der Waals surface area contributed by atoms with Gasteiger partial charge in [0.25, 0.3) is 0 Å². The van der Waals surface area contributed by atoms with Crippen LogP contribution in [0.2, 0.25) is 0 Å². The molecule has 5 nitrogen and oxygen atoms in total. The lowest BCUT2D eigenvalue weighted by Gasteiger charge is -2.11. The van der Waals surface area contributed by atoms with E-state index in [0.29, 0.717) is 18.9 Å². The van der Waals surface area contributed by atoms with E-state index in [0.717, 1.165) is 27.7 Å². The summed E-state index contributed by atoms with van der Waals surface area (Å²) in [7, 11) is 0. The molecule has 6 heteroatoms. The highest BCUT2D eigenvalue weighted by Crippen LogP contribution is 2.26. The molecule has 3 rings (SSSR count). The average Bonchev–Trinajstić information content (AvgIpc) is 3.15. The number of hydrogen-bond donors (Lipinski definition) is 1. The Morgan fingerprint density at radius 1 is 1.32 bits per heavy atom. The van der Waals surface area contributed by atoms with Gasteiger partial charge in [0.15, 0.2) is 5.01 Å². The van der Waals surface area contributed by atoms with Crippen LogP contribution in [-0.2, 0) is 11.4 Å². The zero-order valence-electron chi connectivity index (χ0n) is 12.7. The molecule has 1 aromatic heterocycles. The van der Waals surface area contributed by atoms with E-state index in [1.165, 1.54) is 0 Å². The van der Waals surface area contributed by atoms with Crippen molar-refractivity contribution >= 4 is 17.2 Å². The number of benzene rings is 1. The summed E-state index contributed by atoms with van der Waals surface area (Å²) in [5.41, 5.74) is 1.12. The van der Waals surface area contributed by atoms with Crippen LogP contribution in [0.4, 0.5) is 0 Å². The molecule has 1 unspecified atom stereocenters. The number of ether oxygens (including phenoxy) is 1. The fourth-order valence-corrected chi connectivity index (χ4v) is 3.12. The van der Waals surface area contributed by atoms with Gasteiger partial charge in [-0.2, -0.15) is 0 Å². The standard InChI is InChI=1S/C16H19N3O2S/c1-10(2)16-19-18-15(22-16)9-21-12-5-3-11(4-6-12)13-7-8-14(20)17-13/h3-6,10,13H,7-9H2,1-2H3,(H,17,20). The Morgan fingerprint density at radius 3 is 2.68 bits per heavy atom. The summed E-state index contributed by atoms with van der Waals surface area (Å²) >= 11 is 1.59. The Balaban J connectivity index is 1.57. The molecule has 116 valence electrons. The number of carbonyl (C=O) groups excluding carboxylic acids is 1. The highest BCUT2D eigenvalue weighted by atomic mass is 32.1. The number of amides is 1. The molecule has 1 N–H and O–H groups in total. The van der Waals surface area contributed by atoms with Crippen molar-refractivity contribution in [1.29, 1.82) is 0 Å². The third-order valence-corrected chi connectivity index (χ3v) is 4.81. The first-order valence-corrected chi connectivity index (χ1v) is 8.28. The van der Waals surface area contributed by atoms with E-state index in [1.54, 1.807) is 11.3 Å². The first kappa shape index (κ1) is 15.0. The second-order valence-corrected chi connectivity index (χ2v) is 6.80. The maximum atomic E-state index is 11.3. The van der Waals surface area contributed by atoms with Crippen molar-refractivity contribution < 1.29 is 9.53 Å². The van der Waals surface area contributed by atoms with Crippen molar-refractivity contribution in [2.45, 2.75) is 45.3 Å². The van der Waals surface area contributed by atoms with Crippen LogP contribution in [0.1, 0.15) is 54.2 Å². The van der Waals surface area contributed by atoms with Gasteiger partial charge in [-0.3, -0.25) is 4.79 Å². The van der Waals surface area contributed by atoms with E-state index in [1.807, 2.05) is 24.3 Å². The molecule has 0 saturated carbocycles. The van der Waals surface area contributed by atoms with E-state index in [9.17, 15) is 4.79 Å². The minimum absolute atomic E-state index is 0.127. The largest absolute Gasteiger partial charge is 0.486 e. The fourth-order valence-electron chi connectivity index (χ4n) is 2.36. The maximum absolute atomic E-state index is 11.3. The first-order chi connectivity index (χ1) is 10.6. The predicted molar refractivity (Wildman–Crippen MR) is 84.9 cm³/mol. The van der Waals surface area contributed by atoms with Gasteiger partial charge in [-0.05, 0) is 24.1 Å². The zero-order chi connectivity index (χ0) is 15.5. The lowest BCUT2D eigenvalue weighted by molar-refractivity contribution is -0.119. The molecule has 1 aliphatic rings. The van der Waals surface area contributed by atoms with Crippen molar-refractivity contribution in [3.63, 3.8) is 0 Å². The maximum Gasteiger partial charge on any atom is 0.220 e. The summed E-state index contributed by atoms with van der Waals surface area (Å²) in [4.78, 5) is 11.3. The summed E-state index contributed by atoms with van der Waals surface area (Å²) in [5, 5.41) is 13.2. The SMILES string of the molecule is CC(C)c1nnc(COc2ccc(C3CCC(=O)N3)cc2)s1. The van der Waals surface area contributed by atoms with Crippen molar-refractivity contribution in [2.75, 3.05) is 0 Å². The number of hydrogen-bond acceptors (Lipinski definition) is 5. The molecular weight excluding hydrogens is 298 g/mol. The van der Waals surface area contributed by atoms with Gasteiger partial charge >= 0.3 is 0 Å². The molecule has 1 amide bonds.